The van der Waals surface area contributed by atoms with Gasteiger partial charge in [0.05, 0.1) is 13.1 Å². The Hall–Kier alpha value is -1.79. The molecular formula is C12H18N6. The van der Waals surface area contributed by atoms with Gasteiger partial charge < -0.3 is 0 Å². The molecule has 3 N–H and O–H groups in total. The van der Waals surface area contributed by atoms with Crippen LogP contribution in [0.4, 0.5) is 0 Å². The number of nitrogens with two attached hydrogens (primary N) is 1. The normalized spacial score (nSPS) is 12.7. The second-order valence-electron chi connectivity index (χ2n) is 4.54. The molecule has 2 rings (SSSR count). The minimum absolute atomic E-state index is 0.00667. The molecule has 0 saturated carbocycles. The summed E-state index contributed by atoms with van der Waals surface area (Å²) in [7, 11) is 1.75. The van der Waals surface area contributed by atoms with Crippen LogP contribution in [0.1, 0.15) is 28.6 Å². The number of nitrogens with one attached hydrogen (secondary N) is 1. The second-order valence-corrected chi connectivity index (χ2v) is 4.54. The van der Waals surface area contributed by atoms with Gasteiger partial charge in [0.1, 0.15) is 0 Å². The minimum atomic E-state index is -0.00667. The standard InChI is InChI=1S/C12H18N6/c1-8-4-9(2)6-10(5-8)11(14-13)7-12-15-17-18(3)16-12/h4-6,11,14H,7,13H2,1-3H3. The van der Waals surface area contributed by atoms with Gasteiger partial charge in [-0.25, -0.2) is 0 Å². The smallest absolute Gasteiger partial charge is 0.176 e. The number of aromatic nitrogens is 4. The zero-order valence-electron chi connectivity index (χ0n) is 10.9. The SMILES string of the molecule is Cc1cc(C)cc(C(Cc2nnn(C)n2)NN)c1. The highest BCUT2D eigenvalue weighted by molar-refractivity contribution is 5.31. The first-order chi connectivity index (χ1) is 8.58. The average Bonchev–Trinajstić information content (AvgIpc) is 2.70. The van der Waals surface area contributed by atoms with Crippen LogP contribution >= 0.6 is 0 Å². The fourth-order valence-corrected chi connectivity index (χ4v) is 2.07. The lowest BCUT2D eigenvalue weighted by Gasteiger charge is -2.15. The summed E-state index contributed by atoms with van der Waals surface area (Å²) in [5.41, 5.74) is 6.39. The lowest BCUT2D eigenvalue weighted by Crippen LogP contribution is -2.30. The second kappa shape index (κ2) is 5.24. The molecule has 6 nitrogen and oxygen atoms in total. The van der Waals surface area contributed by atoms with Crippen molar-refractivity contribution in [2.75, 3.05) is 0 Å². The van der Waals surface area contributed by atoms with Crippen LogP contribution in [0.2, 0.25) is 0 Å². The molecule has 0 fully saturated rings. The van der Waals surface area contributed by atoms with E-state index in [2.05, 4.69) is 52.9 Å². The van der Waals surface area contributed by atoms with E-state index >= 15 is 0 Å². The largest absolute Gasteiger partial charge is 0.271 e. The number of benzene rings is 1. The Morgan fingerprint density at radius 3 is 2.44 bits per heavy atom. The van der Waals surface area contributed by atoms with Gasteiger partial charge in [-0.05, 0) is 24.6 Å². The molecule has 1 aromatic heterocycles. The first kappa shape index (κ1) is 12.7. The van der Waals surface area contributed by atoms with E-state index in [0.717, 1.165) is 5.56 Å². The molecule has 0 saturated heterocycles. The summed E-state index contributed by atoms with van der Waals surface area (Å²) in [5, 5.41) is 12.0. The lowest BCUT2D eigenvalue weighted by atomic mass is 9.99. The van der Waals surface area contributed by atoms with Gasteiger partial charge in [-0.3, -0.25) is 11.3 Å². The molecule has 0 spiro atoms. The first-order valence-corrected chi connectivity index (χ1v) is 5.85. The third kappa shape index (κ3) is 2.91. The quantitative estimate of drug-likeness (QED) is 0.609. The van der Waals surface area contributed by atoms with Crippen molar-refractivity contribution < 1.29 is 0 Å². The monoisotopic (exact) mass is 246 g/mol. The predicted octanol–water partition coefficient (Wildman–Crippen LogP) is 0.574. The van der Waals surface area contributed by atoms with E-state index < -0.39 is 0 Å². The maximum atomic E-state index is 5.63. The summed E-state index contributed by atoms with van der Waals surface area (Å²) in [6.07, 6.45) is 0.618. The van der Waals surface area contributed by atoms with Gasteiger partial charge in [0.15, 0.2) is 5.82 Å². The van der Waals surface area contributed by atoms with Gasteiger partial charge in [0.2, 0.25) is 0 Å². The highest BCUT2D eigenvalue weighted by Crippen LogP contribution is 2.19. The van der Waals surface area contributed by atoms with E-state index in [1.54, 1.807) is 7.05 Å². The maximum absolute atomic E-state index is 5.63. The lowest BCUT2D eigenvalue weighted by molar-refractivity contribution is 0.535. The van der Waals surface area contributed by atoms with Crippen LogP contribution in [0, 0.1) is 13.8 Å². The van der Waals surface area contributed by atoms with Crippen LogP contribution in [-0.4, -0.2) is 20.2 Å². The van der Waals surface area contributed by atoms with Gasteiger partial charge in [0, 0.05) is 6.42 Å². The Balaban J connectivity index is 2.22. The molecular weight excluding hydrogens is 228 g/mol. The van der Waals surface area contributed by atoms with E-state index in [0.29, 0.717) is 12.2 Å². The summed E-state index contributed by atoms with van der Waals surface area (Å²) in [6, 6.07) is 6.37. The van der Waals surface area contributed by atoms with Gasteiger partial charge in [-0.15, -0.1) is 10.2 Å². The number of hydrazine groups is 1. The van der Waals surface area contributed by atoms with E-state index in [4.69, 9.17) is 5.84 Å². The van der Waals surface area contributed by atoms with Crippen LogP contribution < -0.4 is 11.3 Å². The number of tetrazole rings is 1. The molecule has 1 atom stereocenters. The molecule has 2 aromatic rings. The predicted molar refractivity (Wildman–Crippen MR) is 68.5 cm³/mol. The summed E-state index contributed by atoms with van der Waals surface area (Å²) >= 11 is 0. The van der Waals surface area contributed by atoms with Gasteiger partial charge in [-0.2, -0.15) is 4.80 Å². The van der Waals surface area contributed by atoms with Crippen molar-refractivity contribution >= 4 is 0 Å². The molecule has 0 aliphatic heterocycles. The molecule has 0 aliphatic carbocycles. The molecule has 0 bridgehead atoms. The van der Waals surface area contributed by atoms with Gasteiger partial charge in [-0.1, -0.05) is 29.3 Å². The summed E-state index contributed by atoms with van der Waals surface area (Å²) < 4.78 is 0. The van der Waals surface area contributed by atoms with E-state index in [1.165, 1.54) is 15.9 Å². The number of aryl methyl sites for hydroxylation is 3. The van der Waals surface area contributed by atoms with Crippen molar-refractivity contribution in [1.82, 2.24) is 25.6 Å². The first-order valence-electron chi connectivity index (χ1n) is 5.85. The molecule has 96 valence electrons. The molecule has 1 aromatic carbocycles. The van der Waals surface area contributed by atoms with Crippen LogP contribution in [-0.2, 0) is 13.5 Å². The molecule has 18 heavy (non-hydrogen) atoms. The molecule has 1 heterocycles. The zero-order valence-corrected chi connectivity index (χ0v) is 10.9. The molecule has 0 amide bonds. The van der Waals surface area contributed by atoms with E-state index in [-0.39, 0.29) is 6.04 Å². The number of nitrogens with zero attached hydrogens (tertiary/aromatic N) is 4. The third-order valence-corrected chi connectivity index (χ3v) is 2.78. The van der Waals surface area contributed by atoms with Crippen LogP contribution in [0.15, 0.2) is 18.2 Å². The average molecular weight is 246 g/mol. The summed E-state index contributed by atoms with van der Waals surface area (Å²) in [4.78, 5) is 1.45. The molecule has 0 aliphatic rings. The van der Waals surface area contributed by atoms with E-state index in [1.807, 2.05) is 0 Å². The molecule has 0 radical (unpaired) electrons. The van der Waals surface area contributed by atoms with Crippen molar-refractivity contribution in [2.45, 2.75) is 26.3 Å². The Morgan fingerprint density at radius 2 is 1.94 bits per heavy atom. The summed E-state index contributed by atoms with van der Waals surface area (Å²) in [6.45, 7) is 4.15. The fraction of sp³-hybridized carbons (Fsp3) is 0.417. The van der Waals surface area contributed by atoms with Crippen molar-refractivity contribution in [3.8, 4) is 0 Å². The number of hydrogen-bond acceptors (Lipinski definition) is 5. The Kier molecular flexibility index (Phi) is 3.69. The third-order valence-electron chi connectivity index (χ3n) is 2.78. The minimum Gasteiger partial charge on any atom is -0.271 e. The van der Waals surface area contributed by atoms with Crippen LogP contribution in [0.5, 0.6) is 0 Å². The van der Waals surface area contributed by atoms with Gasteiger partial charge in [0.25, 0.3) is 0 Å². The highest BCUT2D eigenvalue weighted by atomic mass is 15.6. The number of rotatable bonds is 4. The Morgan fingerprint density at radius 1 is 1.28 bits per heavy atom. The summed E-state index contributed by atoms with van der Waals surface area (Å²) in [5.74, 6) is 6.31. The topological polar surface area (TPSA) is 81.7 Å². The fourth-order valence-electron chi connectivity index (χ4n) is 2.07. The van der Waals surface area contributed by atoms with Crippen molar-refractivity contribution in [3.63, 3.8) is 0 Å². The molecule has 1 unspecified atom stereocenters. The number of hydrogen-bond donors (Lipinski definition) is 2. The van der Waals surface area contributed by atoms with E-state index in [9.17, 15) is 0 Å². The van der Waals surface area contributed by atoms with Crippen LogP contribution in [0.3, 0.4) is 0 Å². The Labute approximate surface area is 106 Å². The van der Waals surface area contributed by atoms with Crippen molar-refractivity contribution in [2.24, 2.45) is 12.9 Å². The van der Waals surface area contributed by atoms with Crippen LogP contribution in [0.25, 0.3) is 0 Å². The van der Waals surface area contributed by atoms with Crippen molar-refractivity contribution in [1.29, 1.82) is 0 Å². The van der Waals surface area contributed by atoms with Crippen molar-refractivity contribution in [3.05, 3.63) is 40.7 Å². The zero-order chi connectivity index (χ0) is 13.1. The maximum Gasteiger partial charge on any atom is 0.176 e. The van der Waals surface area contributed by atoms with Gasteiger partial charge >= 0.3 is 0 Å². The Bertz CT molecular complexity index is 513. The highest BCUT2D eigenvalue weighted by Gasteiger charge is 2.14. The molecule has 6 heteroatoms.